The van der Waals surface area contributed by atoms with E-state index in [0.717, 1.165) is 12.2 Å². The normalized spacial score (nSPS) is 9.64. The third kappa shape index (κ3) is 2.45. The Hall–Kier alpha value is -0.146. The fourth-order valence-electron chi connectivity index (χ4n) is 1.35. The monoisotopic (exact) mass is 267 g/mol. The van der Waals surface area contributed by atoms with E-state index in [0.29, 0.717) is 17.9 Å². The summed E-state index contributed by atoms with van der Waals surface area (Å²) in [7, 11) is 0. The molecule has 0 aliphatic heterocycles. The van der Waals surface area contributed by atoms with Crippen molar-refractivity contribution in [3.63, 3.8) is 0 Å². The van der Waals surface area contributed by atoms with Gasteiger partial charge in [0.05, 0.1) is 11.6 Å². The zero-order valence-corrected chi connectivity index (χ0v) is 11.5. The molecule has 0 bridgehead atoms. The van der Waals surface area contributed by atoms with Crippen molar-refractivity contribution in [1.82, 2.24) is 9.55 Å². The van der Waals surface area contributed by atoms with Gasteiger partial charge in [0, 0.05) is 39.1 Å². The molecule has 0 N–H and O–H groups in total. The number of aryl methyl sites for hydroxylation is 1. The zero-order valence-electron chi connectivity index (χ0n) is 8.71. The third-order valence-electron chi connectivity index (χ3n) is 2.02. The van der Waals surface area contributed by atoms with Crippen molar-refractivity contribution in [1.29, 1.82) is 0 Å². The first kappa shape index (κ1) is 13.9. The van der Waals surface area contributed by atoms with Crippen molar-refractivity contribution in [3.05, 3.63) is 31.1 Å². The molecule has 0 saturated carbocycles. The molecule has 0 aromatic carbocycles. The van der Waals surface area contributed by atoms with Gasteiger partial charge in [-0.15, -0.1) is 6.54 Å². The summed E-state index contributed by atoms with van der Waals surface area (Å²) in [6.07, 6.45) is 0.797. The van der Waals surface area contributed by atoms with Gasteiger partial charge in [0.1, 0.15) is 0 Å². The fourth-order valence-corrected chi connectivity index (χ4v) is 1.35. The van der Waals surface area contributed by atoms with E-state index in [4.69, 9.17) is 0 Å². The van der Waals surface area contributed by atoms with Crippen LogP contribution in [0.1, 0.15) is 35.9 Å². The molecule has 0 atom stereocenters. The van der Waals surface area contributed by atoms with Gasteiger partial charge in [0.2, 0.25) is 0 Å². The van der Waals surface area contributed by atoms with E-state index in [1.54, 1.807) is 0 Å². The summed E-state index contributed by atoms with van der Waals surface area (Å²) in [6, 6.07) is 0. The Kier molecular flexibility index (Phi) is 5.61. The maximum atomic E-state index is 11.1. The second kappa shape index (κ2) is 5.67. The molecule has 0 fully saturated rings. The zero-order chi connectivity index (χ0) is 10.0. The molecule has 0 aliphatic carbocycles. The van der Waals surface area contributed by atoms with Crippen molar-refractivity contribution >= 4 is 5.78 Å². The molecule has 14 heavy (non-hydrogen) atoms. The number of carbonyl (C=O) groups is 1. The predicted molar refractivity (Wildman–Crippen MR) is 51.4 cm³/mol. The number of nitrogens with zero attached hydrogens (tertiary/aromatic N) is 2. The van der Waals surface area contributed by atoms with Crippen molar-refractivity contribution in [2.45, 2.75) is 26.8 Å². The number of hydrogen-bond acceptors (Lipinski definition) is 2. The number of Topliss-reactive ketones (excluding diaryl/α,β-unsaturated/α-hetero) is 1. The van der Waals surface area contributed by atoms with Crippen molar-refractivity contribution < 1.29 is 37.5 Å². The molecule has 1 rings (SSSR count). The van der Waals surface area contributed by atoms with E-state index < -0.39 is 0 Å². The minimum absolute atomic E-state index is 0. The summed E-state index contributed by atoms with van der Waals surface area (Å²) in [5, 5.41) is 0. The van der Waals surface area contributed by atoms with Gasteiger partial charge in [0.25, 0.3) is 0 Å². The standard InChI is InChI=1S/C10H14N2O.Y/c1-5-9-11-10(8(4)13)7(3)12(9)6-2;/h2-3,5-6H2,1,4H3;/q-2;. The van der Waals surface area contributed by atoms with Gasteiger partial charge in [0.15, 0.2) is 0 Å². The number of hydrogen-bond donors (Lipinski definition) is 0. The van der Waals surface area contributed by atoms with Crippen molar-refractivity contribution in [2.75, 3.05) is 0 Å². The second-order valence-electron chi connectivity index (χ2n) is 2.88. The molecule has 75 valence electrons. The number of aromatic nitrogens is 2. The average molecular weight is 267 g/mol. The SMILES string of the molecule is [CH2-]Cn1c(CC)nc(C(C)=O)c1[CH2-].[Y]. The first-order valence-electron chi connectivity index (χ1n) is 4.33. The minimum Gasteiger partial charge on any atom is -0.394 e. The van der Waals surface area contributed by atoms with Gasteiger partial charge in [-0.25, -0.2) is 6.92 Å². The Morgan fingerprint density at radius 2 is 2.14 bits per heavy atom. The van der Waals surface area contributed by atoms with Crippen LogP contribution in [-0.2, 0) is 45.7 Å². The average Bonchev–Trinajstić information content (AvgIpc) is 2.41. The molecule has 1 heterocycles. The maximum Gasteiger partial charge on any atom is 0.0993 e. The molecule has 0 amide bonds. The van der Waals surface area contributed by atoms with Crippen LogP contribution in [-0.4, -0.2) is 15.3 Å². The molecule has 1 aromatic rings. The van der Waals surface area contributed by atoms with Crippen molar-refractivity contribution in [3.8, 4) is 0 Å². The summed E-state index contributed by atoms with van der Waals surface area (Å²) in [5.41, 5.74) is 1.15. The number of rotatable bonds is 3. The fraction of sp³-hybridized carbons (Fsp3) is 0.400. The molecule has 1 radical (unpaired) electrons. The smallest absolute Gasteiger partial charge is 0.0993 e. The summed E-state index contributed by atoms with van der Waals surface area (Å²) in [5.74, 6) is 0.845. The Labute approximate surface area is 110 Å². The first-order chi connectivity index (χ1) is 6.11. The Morgan fingerprint density at radius 1 is 1.57 bits per heavy atom. The third-order valence-corrected chi connectivity index (χ3v) is 2.02. The number of carbonyl (C=O) groups excluding carboxylic acids is 1. The topological polar surface area (TPSA) is 34.9 Å². The minimum atomic E-state index is -0.0353. The van der Waals surface area contributed by atoms with Gasteiger partial charge < -0.3 is 21.3 Å². The molecule has 1 aromatic heterocycles. The van der Waals surface area contributed by atoms with E-state index >= 15 is 0 Å². The van der Waals surface area contributed by atoms with E-state index in [2.05, 4.69) is 18.8 Å². The Bertz CT molecular complexity index is 331. The molecule has 4 heteroatoms. The van der Waals surface area contributed by atoms with Crippen LogP contribution >= 0.6 is 0 Å². The van der Waals surface area contributed by atoms with Gasteiger partial charge in [-0.3, -0.25) is 0 Å². The van der Waals surface area contributed by atoms with Crippen LogP contribution < -0.4 is 0 Å². The molecule has 0 saturated heterocycles. The van der Waals surface area contributed by atoms with E-state index in [9.17, 15) is 4.79 Å². The Morgan fingerprint density at radius 3 is 2.43 bits per heavy atom. The molecule has 3 nitrogen and oxygen atoms in total. The van der Waals surface area contributed by atoms with Gasteiger partial charge in [-0.1, -0.05) is 12.6 Å². The first-order valence-corrected chi connectivity index (χ1v) is 4.33. The summed E-state index contributed by atoms with van der Waals surface area (Å²) < 4.78 is 1.87. The molecule has 0 spiro atoms. The van der Waals surface area contributed by atoms with Gasteiger partial charge in [-0.2, -0.15) is 0 Å². The largest absolute Gasteiger partial charge is 0.394 e. The van der Waals surface area contributed by atoms with Crippen LogP contribution in [0.5, 0.6) is 0 Å². The van der Waals surface area contributed by atoms with E-state index in [-0.39, 0.29) is 38.5 Å². The Balaban J connectivity index is 0.00000169. The van der Waals surface area contributed by atoms with Crippen LogP contribution in [0, 0.1) is 13.8 Å². The number of ketones is 1. The van der Waals surface area contributed by atoms with Crippen LogP contribution in [0.25, 0.3) is 0 Å². The maximum absolute atomic E-state index is 11.1. The molecule has 0 unspecified atom stereocenters. The van der Waals surface area contributed by atoms with Gasteiger partial charge in [-0.05, 0) is 12.6 Å². The quantitative estimate of drug-likeness (QED) is 0.616. The van der Waals surface area contributed by atoms with Crippen LogP contribution in [0.15, 0.2) is 0 Å². The van der Waals surface area contributed by atoms with Crippen LogP contribution in [0.2, 0.25) is 0 Å². The second-order valence-corrected chi connectivity index (χ2v) is 2.88. The summed E-state index contributed by atoms with van der Waals surface area (Å²) in [6.45, 7) is 11.7. The predicted octanol–water partition coefficient (Wildman–Crippen LogP) is 1.66. The summed E-state index contributed by atoms with van der Waals surface area (Å²) >= 11 is 0. The van der Waals surface area contributed by atoms with E-state index in [1.165, 1.54) is 6.92 Å². The molecular weight excluding hydrogens is 253 g/mol. The van der Waals surface area contributed by atoms with Crippen LogP contribution in [0.4, 0.5) is 0 Å². The summed E-state index contributed by atoms with van der Waals surface area (Å²) in [4.78, 5) is 15.3. The van der Waals surface area contributed by atoms with Gasteiger partial charge >= 0.3 is 0 Å². The molecule has 0 aliphatic rings. The number of imidazole rings is 1. The van der Waals surface area contributed by atoms with Crippen molar-refractivity contribution in [2.24, 2.45) is 0 Å². The van der Waals surface area contributed by atoms with Crippen LogP contribution in [0.3, 0.4) is 0 Å². The molecular formula is C10H14N2OY-2. The van der Waals surface area contributed by atoms with E-state index in [1.807, 2.05) is 11.5 Å².